The molecule has 0 atom stereocenters. The Morgan fingerprint density at radius 3 is 2.71 bits per heavy atom. The second-order valence-electron chi connectivity index (χ2n) is 5.47. The number of aromatic nitrogens is 4. The van der Waals surface area contributed by atoms with Gasteiger partial charge in [-0.25, -0.2) is 4.39 Å². The maximum Gasteiger partial charge on any atom is 0.260 e. The molecular weight excluding hydrogens is 401 g/mol. The van der Waals surface area contributed by atoms with Crippen molar-refractivity contribution in [2.24, 2.45) is 0 Å². The lowest BCUT2D eigenvalue weighted by atomic mass is 10.2. The summed E-state index contributed by atoms with van der Waals surface area (Å²) >= 11 is 2.53. The average Bonchev–Trinajstić information content (AvgIpc) is 3.37. The predicted octanol–water partition coefficient (Wildman–Crippen LogP) is 4.27. The van der Waals surface area contributed by atoms with Gasteiger partial charge in [-0.2, -0.15) is 4.98 Å². The first-order valence-corrected chi connectivity index (χ1v) is 9.89. The summed E-state index contributed by atoms with van der Waals surface area (Å²) in [7, 11) is 0. The molecule has 4 aromatic rings. The maximum absolute atomic E-state index is 13.7. The van der Waals surface area contributed by atoms with E-state index in [4.69, 9.17) is 4.52 Å². The van der Waals surface area contributed by atoms with E-state index in [2.05, 4.69) is 25.7 Å². The molecule has 4 rings (SSSR count). The van der Waals surface area contributed by atoms with Gasteiger partial charge in [-0.05, 0) is 12.1 Å². The molecule has 0 saturated carbocycles. The minimum absolute atomic E-state index is 0.0498. The van der Waals surface area contributed by atoms with Crippen molar-refractivity contribution in [1.82, 2.24) is 20.3 Å². The minimum Gasteiger partial charge on any atom is -0.338 e. The van der Waals surface area contributed by atoms with Gasteiger partial charge < -0.3 is 4.52 Å². The number of carbonyl (C=O) groups is 1. The van der Waals surface area contributed by atoms with Gasteiger partial charge in [0.15, 0.2) is 4.34 Å². The van der Waals surface area contributed by atoms with E-state index >= 15 is 0 Å². The third kappa shape index (κ3) is 4.24. The molecule has 7 nitrogen and oxygen atoms in total. The number of amides is 1. The Balaban J connectivity index is 1.36. The summed E-state index contributed by atoms with van der Waals surface area (Å²) in [5.74, 6) is 0.220. The second-order valence-corrected chi connectivity index (χ2v) is 7.67. The quantitative estimate of drug-likeness (QED) is 0.373. The molecule has 0 radical (unpaired) electrons. The highest BCUT2D eigenvalue weighted by atomic mass is 32.2. The maximum atomic E-state index is 13.7. The van der Waals surface area contributed by atoms with Crippen LogP contribution in [0.3, 0.4) is 0 Å². The molecule has 0 aliphatic heterocycles. The van der Waals surface area contributed by atoms with Crippen LogP contribution in [0.4, 0.5) is 9.52 Å². The number of rotatable bonds is 6. The van der Waals surface area contributed by atoms with Crippen LogP contribution >= 0.6 is 23.1 Å². The van der Waals surface area contributed by atoms with Crippen LogP contribution in [-0.2, 0) is 5.75 Å². The molecule has 0 spiro atoms. The van der Waals surface area contributed by atoms with Gasteiger partial charge in [0.05, 0.1) is 11.3 Å². The molecule has 2 aromatic carbocycles. The molecule has 0 fully saturated rings. The molecule has 1 N–H and O–H groups in total. The first-order valence-electron chi connectivity index (χ1n) is 8.09. The van der Waals surface area contributed by atoms with E-state index < -0.39 is 11.7 Å². The van der Waals surface area contributed by atoms with Crippen molar-refractivity contribution in [2.45, 2.75) is 10.1 Å². The number of hydrogen-bond acceptors (Lipinski definition) is 8. The molecule has 2 heterocycles. The van der Waals surface area contributed by atoms with Gasteiger partial charge in [-0.3, -0.25) is 10.1 Å². The van der Waals surface area contributed by atoms with Crippen LogP contribution in [0.2, 0.25) is 0 Å². The molecular formula is C18H12FN5O2S2. The van der Waals surface area contributed by atoms with Crippen molar-refractivity contribution in [2.75, 3.05) is 5.32 Å². The lowest BCUT2D eigenvalue weighted by Crippen LogP contribution is -2.13. The Kier molecular flexibility index (Phi) is 5.40. The van der Waals surface area contributed by atoms with E-state index in [1.54, 1.807) is 6.07 Å². The fourth-order valence-electron chi connectivity index (χ4n) is 2.27. The first-order chi connectivity index (χ1) is 13.7. The Morgan fingerprint density at radius 1 is 1.11 bits per heavy atom. The lowest BCUT2D eigenvalue weighted by Gasteiger charge is -2.01. The van der Waals surface area contributed by atoms with E-state index in [-0.39, 0.29) is 10.7 Å². The van der Waals surface area contributed by atoms with Gasteiger partial charge in [0.25, 0.3) is 5.91 Å². The highest BCUT2D eigenvalue weighted by molar-refractivity contribution is 8.00. The van der Waals surface area contributed by atoms with Crippen LogP contribution in [0.15, 0.2) is 63.5 Å². The smallest absolute Gasteiger partial charge is 0.260 e. The van der Waals surface area contributed by atoms with Gasteiger partial charge in [-0.1, -0.05) is 70.7 Å². The molecule has 1 amide bonds. The summed E-state index contributed by atoms with van der Waals surface area (Å²) < 4.78 is 19.5. The zero-order valence-corrected chi connectivity index (χ0v) is 15.8. The number of benzene rings is 2. The molecule has 0 saturated heterocycles. The number of nitrogens with zero attached hydrogens (tertiary/aromatic N) is 4. The molecule has 28 heavy (non-hydrogen) atoms. The van der Waals surface area contributed by atoms with Crippen molar-refractivity contribution in [1.29, 1.82) is 0 Å². The summed E-state index contributed by atoms with van der Waals surface area (Å²) in [6, 6.07) is 15.3. The zero-order chi connectivity index (χ0) is 19.3. The third-order valence-electron chi connectivity index (χ3n) is 3.56. The number of nitrogens with one attached hydrogen (secondary N) is 1. The highest BCUT2D eigenvalue weighted by Crippen LogP contribution is 2.28. The van der Waals surface area contributed by atoms with E-state index in [0.29, 0.717) is 21.8 Å². The van der Waals surface area contributed by atoms with Crippen LogP contribution in [0.1, 0.15) is 16.2 Å². The number of carbonyl (C=O) groups excluding carboxylic acids is 1. The molecule has 2 aromatic heterocycles. The molecule has 0 bridgehead atoms. The zero-order valence-electron chi connectivity index (χ0n) is 14.2. The van der Waals surface area contributed by atoms with Crippen molar-refractivity contribution in [3.05, 3.63) is 71.9 Å². The molecule has 0 unspecified atom stereocenters. The van der Waals surface area contributed by atoms with Gasteiger partial charge in [0.1, 0.15) is 5.82 Å². The van der Waals surface area contributed by atoms with E-state index in [0.717, 1.165) is 5.56 Å². The highest BCUT2D eigenvalue weighted by Gasteiger charge is 2.15. The van der Waals surface area contributed by atoms with E-state index in [1.165, 1.54) is 41.3 Å². The second kappa shape index (κ2) is 8.28. The van der Waals surface area contributed by atoms with Crippen molar-refractivity contribution in [3.8, 4) is 11.4 Å². The van der Waals surface area contributed by atoms with Crippen molar-refractivity contribution < 1.29 is 13.7 Å². The fraction of sp³-hybridized carbons (Fsp3) is 0.0556. The van der Waals surface area contributed by atoms with Crippen LogP contribution in [-0.4, -0.2) is 26.2 Å². The lowest BCUT2D eigenvalue weighted by molar-refractivity contribution is 0.102. The first kappa shape index (κ1) is 18.3. The summed E-state index contributed by atoms with van der Waals surface area (Å²) in [6.45, 7) is 0. The Morgan fingerprint density at radius 2 is 1.89 bits per heavy atom. The SMILES string of the molecule is O=C(Nc1nnc(SCc2nc(-c3ccccc3)no2)s1)c1ccccc1F. The van der Waals surface area contributed by atoms with E-state index in [1.807, 2.05) is 30.3 Å². The minimum atomic E-state index is -0.593. The summed E-state index contributed by atoms with van der Waals surface area (Å²) in [6.07, 6.45) is 0. The Bertz CT molecular complexity index is 1100. The monoisotopic (exact) mass is 413 g/mol. The normalized spacial score (nSPS) is 10.8. The van der Waals surface area contributed by atoms with Crippen LogP contribution < -0.4 is 5.32 Å². The van der Waals surface area contributed by atoms with E-state index in [9.17, 15) is 9.18 Å². The van der Waals surface area contributed by atoms with Crippen molar-refractivity contribution in [3.63, 3.8) is 0 Å². The van der Waals surface area contributed by atoms with Crippen LogP contribution in [0, 0.1) is 5.82 Å². The fourth-order valence-corrected chi connectivity index (χ4v) is 3.85. The van der Waals surface area contributed by atoms with Gasteiger partial charge in [0.2, 0.25) is 16.8 Å². The molecule has 0 aliphatic carbocycles. The van der Waals surface area contributed by atoms with Gasteiger partial charge in [-0.15, -0.1) is 10.2 Å². The van der Waals surface area contributed by atoms with Crippen LogP contribution in [0.5, 0.6) is 0 Å². The van der Waals surface area contributed by atoms with Crippen LogP contribution in [0.25, 0.3) is 11.4 Å². The molecule has 10 heteroatoms. The number of anilines is 1. The van der Waals surface area contributed by atoms with Gasteiger partial charge in [0, 0.05) is 5.56 Å². The Hall–Kier alpha value is -3.11. The standard InChI is InChI=1S/C18H12FN5O2S2/c19-13-9-5-4-8-12(13)16(25)21-17-22-23-18(28-17)27-10-14-20-15(24-26-14)11-6-2-1-3-7-11/h1-9H,10H2,(H,21,22,25). The number of hydrogen-bond donors (Lipinski definition) is 1. The largest absolute Gasteiger partial charge is 0.338 e. The number of halogens is 1. The third-order valence-corrected chi connectivity index (χ3v) is 5.52. The molecule has 0 aliphatic rings. The molecule has 140 valence electrons. The van der Waals surface area contributed by atoms with Gasteiger partial charge >= 0.3 is 0 Å². The summed E-state index contributed by atoms with van der Waals surface area (Å²) in [5.41, 5.74) is 0.822. The summed E-state index contributed by atoms with van der Waals surface area (Å²) in [4.78, 5) is 16.5. The Labute approximate surface area is 167 Å². The topological polar surface area (TPSA) is 93.8 Å². The average molecular weight is 413 g/mol. The van der Waals surface area contributed by atoms with Crippen molar-refractivity contribution >= 4 is 34.1 Å². The number of thioether (sulfide) groups is 1. The summed E-state index contributed by atoms with van der Waals surface area (Å²) in [5, 5.41) is 14.7. The predicted molar refractivity (Wildman–Crippen MR) is 104 cm³/mol.